The van der Waals surface area contributed by atoms with Crippen molar-refractivity contribution >= 4 is 5.97 Å². The summed E-state index contributed by atoms with van der Waals surface area (Å²) < 4.78 is 10.4. The maximum atomic E-state index is 11.1. The molecule has 0 bridgehead atoms. The lowest BCUT2D eigenvalue weighted by Crippen LogP contribution is -2.20. The van der Waals surface area contributed by atoms with Gasteiger partial charge in [-0.15, -0.1) is 0 Å². The normalized spacial score (nSPS) is 11.8. The lowest BCUT2D eigenvalue weighted by Gasteiger charge is -2.15. The number of nitrogens with one attached hydrogen (secondary N) is 1. The molecule has 0 aromatic heterocycles. The zero-order chi connectivity index (χ0) is 17.2. The Morgan fingerprint density at radius 3 is 2.46 bits per heavy atom. The smallest absolute Gasteiger partial charge is 0.305 e. The predicted octanol–water partition coefficient (Wildman–Crippen LogP) is 3.87. The Bertz CT molecular complexity index is 611. The van der Waals surface area contributed by atoms with Crippen molar-refractivity contribution in [3.8, 4) is 5.75 Å². The van der Waals surface area contributed by atoms with Crippen LogP contribution in [0.4, 0.5) is 0 Å². The second-order valence-electron chi connectivity index (χ2n) is 5.70. The summed E-state index contributed by atoms with van der Waals surface area (Å²) in [5.74, 6) is 0.699. The fraction of sp³-hybridized carbons (Fsp3) is 0.350. The third-order valence-electron chi connectivity index (χ3n) is 3.86. The first kappa shape index (κ1) is 18.0. The Hall–Kier alpha value is -2.33. The largest absolute Gasteiger partial charge is 0.489 e. The SMILES string of the molecule is COC(=O)CCCNC(C)c1ccc(OCc2ccccc2)cc1. The molecular formula is C20H25NO3. The summed E-state index contributed by atoms with van der Waals surface area (Å²) in [5, 5.41) is 3.41. The molecule has 0 saturated carbocycles. The van der Waals surface area contributed by atoms with Crippen LogP contribution in [0.1, 0.15) is 36.9 Å². The summed E-state index contributed by atoms with van der Waals surface area (Å²) in [7, 11) is 1.42. The van der Waals surface area contributed by atoms with Crippen LogP contribution in [0.2, 0.25) is 0 Å². The number of methoxy groups -OCH3 is 1. The van der Waals surface area contributed by atoms with E-state index in [1.54, 1.807) is 0 Å². The molecule has 0 heterocycles. The maximum Gasteiger partial charge on any atom is 0.305 e. The fourth-order valence-electron chi connectivity index (χ4n) is 2.36. The molecule has 128 valence electrons. The van der Waals surface area contributed by atoms with Crippen molar-refractivity contribution in [2.24, 2.45) is 0 Å². The zero-order valence-corrected chi connectivity index (χ0v) is 14.3. The van der Waals surface area contributed by atoms with Gasteiger partial charge in [-0.25, -0.2) is 0 Å². The van der Waals surface area contributed by atoms with E-state index in [4.69, 9.17) is 4.74 Å². The van der Waals surface area contributed by atoms with Gasteiger partial charge in [-0.3, -0.25) is 4.79 Å². The van der Waals surface area contributed by atoms with E-state index in [1.807, 2.05) is 30.3 Å². The average molecular weight is 327 g/mol. The number of rotatable bonds is 9. The molecule has 0 saturated heterocycles. The number of ether oxygens (including phenoxy) is 2. The highest BCUT2D eigenvalue weighted by Crippen LogP contribution is 2.18. The Labute approximate surface area is 143 Å². The van der Waals surface area contributed by atoms with Crippen LogP contribution < -0.4 is 10.1 Å². The molecule has 2 rings (SSSR count). The molecule has 0 aliphatic heterocycles. The van der Waals surface area contributed by atoms with Gasteiger partial charge in [0.25, 0.3) is 0 Å². The lowest BCUT2D eigenvalue weighted by atomic mass is 10.1. The van der Waals surface area contributed by atoms with Crippen molar-refractivity contribution in [2.45, 2.75) is 32.4 Å². The Kier molecular flexibility index (Phi) is 7.30. The lowest BCUT2D eigenvalue weighted by molar-refractivity contribution is -0.140. The molecule has 0 amide bonds. The topological polar surface area (TPSA) is 47.6 Å². The number of carbonyl (C=O) groups excluding carboxylic acids is 1. The molecule has 0 radical (unpaired) electrons. The van der Waals surface area contributed by atoms with Gasteiger partial charge in [0.05, 0.1) is 7.11 Å². The summed E-state index contributed by atoms with van der Waals surface area (Å²) in [6, 6.07) is 18.5. The number of benzene rings is 2. The predicted molar refractivity (Wildman–Crippen MR) is 94.9 cm³/mol. The summed E-state index contributed by atoms with van der Waals surface area (Å²) in [6.07, 6.45) is 1.22. The van der Waals surface area contributed by atoms with Crippen LogP contribution in [0, 0.1) is 0 Å². The van der Waals surface area contributed by atoms with Gasteiger partial charge in [-0.2, -0.15) is 0 Å². The molecule has 1 atom stereocenters. The van der Waals surface area contributed by atoms with E-state index >= 15 is 0 Å². The van der Waals surface area contributed by atoms with Crippen LogP contribution in [-0.2, 0) is 16.1 Å². The van der Waals surface area contributed by atoms with Crippen molar-refractivity contribution < 1.29 is 14.3 Å². The quantitative estimate of drug-likeness (QED) is 0.561. The van der Waals surface area contributed by atoms with E-state index in [-0.39, 0.29) is 12.0 Å². The van der Waals surface area contributed by atoms with Crippen LogP contribution in [0.25, 0.3) is 0 Å². The van der Waals surface area contributed by atoms with Gasteiger partial charge in [-0.1, -0.05) is 42.5 Å². The first-order valence-electron chi connectivity index (χ1n) is 8.26. The minimum absolute atomic E-state index is 0.163. The molecule has 24 heavy (non-hydrogen) atoms. The summed E-state index contributed by atoms with van der Waals surface area (Å²) in [4.78, 5) is 11.1. The second-order valence-corrected chi connectivity index (χ2v) is 5.70. The van der Waals surface area contributed by atoms with Gasteiger partial charge in [0.1, 0.15) is 12.4 Å². The van der Waals surface area contributed by atoms with Gasteiger partial charge in [0.2, 0.25) is 0 Å². The molecule has 0 aliphatic rings. The van der Waals surface area contributed by atoms with Crippen molar-refractivity contribution in [3.05, 3.63) is 65.7 Å². The van der Waals surface area contributed by atoms with Gasteiger partial charge >= 0.3 is 5.97 Å². The van der Waals surface area contributed by atoms with Crippen molar-refractivity contribution in [2.75, 3.05) is 13.7 Å². The van der Waals surface area contributed by atoms with Crippen molar-refractivity contribution in [1.82, 2.24) is 5.32 Å². The van der Waals surface area contributed by atoms with E-state index < -0.39 is 0 Å². The third-order valence-corrected chi connectivity index (χ3v) is 3.86. The Morgan fingerprint density at radius 1 is 1.08 bits per heavy atom. The first-order valence-corrected chi connectivity index (χ1v) is 8.26. The highest BCUT2D eigenvalue weighted by Gasteiger charge is 2.06. The Balaban J connectivity index is 1.75. The number of carbonyl (C=O) groups is 1. The fourth-order valence-corrected chi connectivity index (χ4v) is 2.36. The van der Waals surface area contributed by atoms with Crippen molar-refractivity contribution in [3.63, 3.8) is 0 Å². The van der Waals surface area contributed by atoms with Crippen molar-refractivity contribution in [1.29, 1.82) is 0 Å². The number of esters is 1. The highest BCUT2D eigenvalue weighted by atomic mass is 16.5. The van der Waals surface area contributed by atoms with Gasteiger partial charge in [0, 0.05) is 12.5 Å². The first-order chi connectivity index (χ1) is 11.7. The van der Waals surface area contributed by atoms with Gasteiger partial charge in [-0.05, 0) is 43.1 Å². The van der Waals surface area contributed by atoms with Crippen LogP contribution in [0.3, 0.4) is 0 Å². The van der Waals surface area contributed by atoms with Gasteiger partial charge < -0.3 is 14.8 Å². The van der Waals surface area contributed by atoms with Gasteiger partial charge in [0.15, 0.2) is 0 Å². The maximum absolute atomic E-state index is 11.1. The molecule has 1 unspecified atom stereocenters. The molecule has 4 heteroatoms. The molecule has 1 N–H and O–H groups in total. The van der Waals surface area contributed by atoms with Crippen LogP contribution in [-0.4, -0.2) is 19.6 Å². The van der Waals surface area contributed by atoms with E-state index in [0.29, 0.717) is 13.0 Å². The summed E-state index contributed by atoms with van der Waals surface area (Å²) in [5.41, 5.74) is 2.35. The minimum atomic E-state index is -0.163. The minimum Gasteiger partial charge on any atom is -0.489 e. The van der Waals surface area contributed by atoms with Crippen LogP contribution in [0.5, 0.6) is 5.75 Å². The standard InChI is InChI=1S/C20H25NO3/c1-16(21-14-6-9-20(22)23-2)18-10-12-19(13-11-18)24-15-17-7-4-3-5-8-17/h3-5,7-8,10-13,16,21H,6,9,14-15H2,1-2H3. The average Bonchev–Trinajstić information content (AvgIpc) is 2.64. The Morgan fingerprint density at radius 2 is 1.79 bits per heavy atom. The van der Waals surface area contributed by atoms with Crippen LogP contribution >= 0.6 is 0 Å². The van der Waals surface area contributed by atoms with Crippen LogP contribution in [0.15, 0.2) is 54.6 Å². The molecule has 0 fully saturated rings. The molecule has 0 aliphatic carbocycles. The molecule has 4 nitrogen and oxygen atoms in total. The second kappa shape index (κ2) is 9.73. The monoisotopic (exact) mass is 327 g/mol. The summed E-state index contributed by atoms with van der Waals surface area (Å²) in [6.45, 7) is 3.46. The molecule has 2 aromatic rings. The number of hydrogen-bond acceptors (Lipinski definition) is 4. The van der Waals surface area contributed by atoms with E-state index in [1.165, 1.54) is 12.7 Å². The highest BCUT2D eigenvalue weighted by molar-refractivity contribution is 5.69. The molecule has 2 aromatic carbocycles. The molecular weight excluding hydrogens is 302 g/mol. The number of hydrogen-bond donors (Lipinski definition) is 1. The van der Waals surface area contributed by atoms with E-state index in [2.05, 4.69) is 41.2 Å². The van der Waals surface area contributed by atoms with E-state index in [0.717, 1.165) is 24.3 Å². The van der Waals surface area contributed by atoms with E-state index in [9.17, 15) is 4.79 Å². The zero-order valence-electron chi connectivity index (χ0n) is 14.3. The molecule has 0 spiro atoms. The third kappa shape index (κ3) is 6.05. The summed E-state index contributed by atoms with van der Waals surface area (Å²) >= 11 is 0.